The van der Waals surface area contributed by atoms with Crippen molar-refractivity contribution in [1.29, 1.82) is 0 Å². The number of benzene rings is 2. The third kappa shape index (κ3) is 7.67. The van der Waals surface area contributed by atoms with Gasteiger partial charge in [-0.1, -0.05) is 34.0 Å². The number of alkyl halides is 4. The molecule has 20 heteroatoms. The lowest BCUT2D eigenvalue weighted by molar-refractivity contribution is 0.140. The predicted molar refractivity (Wildman–Crippen MR) is 149 cm³/mol. The van der Waals surface area contributed by atoms with Crippen molar-refractivity contribution in [2.24, 2.45) is 0 Å². The fourth-order valence-electron chi connectivity index (χ4n) is 3.84. The van der Waals surface area contributed by atoms with E-state index in [-0.39, 0.29) is 40.0 Å². The van der Waals surface area contributed by atoms with Crippen molar-refractivity contribution in [3.8, 4) is 51.8 Å². The number of ether oxygens (including phenoxy) is 3. The van der Waals surface area contributed by atoms with Crippen LogP contribution in [0.15, 0.2) is 70.2 Å². The van der Waals surface area contributed by atoms with Crippen LogP contribution in [0.4, 0.5) is 35.1 Å². The Morgan fingerprint density at radius 1 is 0.633 bits per heavy atom. The number of nitrogens with zero attached hydrogens (tertiary/aromatic N) is 6. The molecule has 0 spiro atoms. The van der Waals surface area contributed by atoms with Gasteiger partial charge in [-0.3, -0.25) is 0 Å². The quantitative estimate of drug-likeness (QED) is 0.105. The molecule has 0 bridgehead atoms. The van der Waals surface area contributed by atoms with Crippen LogP contribution >= 0.6 is 11.6 Å². The Kier molecular flexibility index (Phi) is 10.5. The molecule has 0 aliphatic heterocycles. The maximum atomic E-state index is 14.2. The average molecular weight is 715 g/mol. The van der Waals surface area contributed by atoms with Crippen LogP contribution in [0.1, 0.15) is 24.2 Å². The molecule has 0 unspecified atom stereocenters. The summed E-state index contributed by atoms with van der Waals surface area (Å²) in [5.74, 6) is -6.25. The lowest BCUT2D eigenvalue weighted by atomic mass is 10.1. The summed E-state index contributed by atoms with van der Waals surface area (Å²) in [6.07, 6.45) is -3.85. The van der Waals surface area contributed by atoms with Gasteiger partial charge in [0.1, 0.15) is 47.2 Å². The number of halogens is 9. The van der Waals surface area contributed by atoms with Crippen LogP contribution in [0.2, 0.25) is 5.15 Å². The van der Waals surface area contributed by atoms with E-state index < -0.39 is 64.4 Å². The van der Waals surface area contributed by atoms with Gasteiger partial charge >= 0.3 is 0 Å². The molecule has 0 amide bonds. The van der Waals surface area contributed by atoms with Crippen LogP contribution in [0.3, 0.4) is 0 Å². The second-order valence-electron chi connectivity index (χ2n) is 9.05. The zero-order valence-corrected chi connectivity index (χ0v) is 24.8. The highest BCUT2D eigenvalue weighted by molar-refractivity contribution is 6.29. The second-order valence-corrected chi connectivity index (χ2v) is 9.41. The van der Waals surface area contributed by atoms with Crippen molar-refractivity contribution < 1.29 is 58.4 Å². The summed E-state index contributed by atoms with van der Waals surface area (Å²) >= 11 is 5.51. The van der Waals surface area contributed by atoms with E-state index in [9.17, 15) is 35.1 Å². The lowest BCUT2D eigenvalue weighted by Crippen LogP contribution is -1.99. The Labute approximate surface area is 273 Å². The molecule has 0 saturated carbocycles. The minimum atomic E-state index is -2.89. The fourth-order valence-corrected chi connectivity index (χ4v) is 3.97. The van der Waals surface area contributed by atoms with E-state index in [0.29, 0.717) is 0 Å². The van der Waals surface area contributed by atoms with Gasteiger partial charge in [-0.05, 0) is 24.3 Å². The monoisotopic (exact) mass is 714 g/mol. The first kappa shape index (κ1) is 34.5. The zero-order chi connectivity index (χ0) is 35.2. The van der Waals surface area contributed by atoms with E-state index in [0.717, 1.165) is 36.9 Å². The van der Waals surface area contributed by atoms with Crippen LogP contribution in [0, 0.1) is 23.3 Å². The number of aromatic nitrogens is 6. The highest BCUT2D eigenvalue weighted by Gasteiger charge is 2.24. The standard InChI is InChI=1S/C15H9F4N3O3.C14H6ClF4N3O2/c1-23-14-12(17)15(21-6-20-14)24-9-4-2-3-7(16)11(9)10-5-8(13(18)19)22-25-10;15-12-11(17)14(21-5-20-12)23-8-3-1-2-6(16)10(8)9-4-7(13(18)19)22-24-9/h2-6,13H,1H3;1-5,13H. The molecule has 6 aromatic rings. The van der Waals surface area contributed by atoms with Crippen molar-refractivity contribution in [1.82, 2.24) is 30.2 Å². The Bertz CT molecular complexity index is 2080. The first-order chi connectivity index (χ1) is 23.5. The summed E-state index contributed by atoms with van der Waals surface area (Å²) in [6, 6.07) is 8.97. The maximum Gasteiger partial charge on any atom is 0.283 e. The first-order valence-corrected chi connectivity index (χ1v) is 13.5. The molecule has 11 nitrogen and oxygen atoms in total. The molecule has 254 valence electrons. The van der Waals surface area contributed by atoms with Crippen molar-refractivity contribution in [3.05, 3.63) is 101 Å². The van der Waals surface area contributed by atoms with Gasteiger partial charge in [0, 0.05) is 12.1 Å². The van der Waals surface area contributed by atoms with Gasteiger partial charge in [0.15, 0.2) is 16.7 Å². The molecule has 0 saturated heterocycles. The van der Waals surface area contributed by atoms with Crippen LogP contribution in [0.5, 0.6) is 29.1 Å². The van der Waals surface area contributed by atoms with Crippen molar-refractivity contribution in [2.75, 3.05) is 7.11 Å². The van der Waals surface area contributed by atoms with Crippen LogP contribution in [-0.2, 0) is 0 Å². The Balaban J connectivity index is 0.000000191. The van der Waals surface area contributed by atoms with Crippen molar-refractivity contribution in [3.63, 3.8) is 0 Å². The van der Waals surface area contributed by atoms with Crippen LogP contribution < -0.4 is 14.2 Å². The van der Waals surface area contributed by atoms with Crippen molar-refractivity contribution >= 4 is 11.6 Å². The summed E-state index contributed by atoms with van der Waals surface area (Å²) < 4.78 is 131. The van der Waals surface area contributed by atoms with E-state index in [1.807, 2.05) is 0 Å². The molecule has 0 aliphatic carbocycles. The highest BCUT2D eigenvalue weighted by atomic mass is 35.5. The van der Waals surface area contributed by atoms with Gasteiger partial charge in [0.2, 0.25) is 11.6 Å². The molecule has 6 rings (SSSR count). The molecule has 0 radical (unpaired) electrons. The Morgan fingerprint density at radius 2 is 1.08 bits per heavy atom. The van der Waals surface area contributed by atoms with Gasteiger partial charge in [0.25, 0.3) is 30.5 Å². The van der Waals surface area contributed by atoms with E-state index >= 15 is 0 Å². The molecule has 4 aromatic heterocycles. The Hall–Kier alpha value is -5.85. The highest BCUT2D eigenvalue weighted by Crippen LogP contribution is 2.39. The fraction of sp³-hybridized carbons (Fsp3) is 0.103. The molecule has 0 N–H and O–H groups in total. The Morgan fingerprint density at radius 3 is 1.53 bits per heavy atom. The van der Waals surface area contributed by atoms with Gasteiger partial charge in [0.05, 0.1) is 18.2 Å². The van der Waals surface area contributed by atoms with Gasteiger partial charge < -0.3 is 23.3 Å². The SMILES string of the molecule is COc1ncnc(Oc2cccc(F)c2-c2cc(C(F)F)no2)c1F.Fc1cccc(Oc2ncnc(Cl)c2F)c1-c1cc(C(F)F)no1. The largest absolute Gasteiger partial charge is 0.479 e. The summed E-state index contributed by atoms with van der Waals surface area (Å²) in [7, 11) is 1.20. The third-order valence-electron chi connectivity index (χ3n) is 5.99. The summed E-state index contributed by atoms with van der Waals surface area (Å²) in [5, 5.41) is 5.82. The number of hydrogen-bond acceptors (Lipinski definition) is 11. The van der Waals surface area contributed by atoms with E-state index in [1.54, 1.807) is 0 Å². The van der Waals surface area contributed by atoms with Gasteiger partial charge in [-0.15, -0.1) is 0 Å². The van der Waals surface area contributed by atoms with E-state index in [4.69, 9.17) is 34.9 Å². The molecule has 4 heterocycles. The van der Waals surface area contributed by atoms with Gasteiger partial charge in [-0.25, -0.2) is 31.3 Å². The smallest absolute Gasteiger partial charge is 0.283 e. The number of hydrogen-bond donors (Lipinski definition) is 0. The lowest BCUT2D eigenvalue weighted by Gasteiger charge is -2.10. The molecule has 2 aromatic carbocycles. The number of rotatable bonds is 9. The second kappa shape index (κ2) is 14.9. The average Bonchev–Trinajstić information content (AvgIpc) is 3.76. The molecular formula is C29H15ClF8N6O5. The molecule has 0 atom stereocenters. The van der Waals surface area contributed by atoms with Crippen LogP contribution in [-0.4, -0.2) is 37.4 Å². The van der Waals surface area contributed by atoms with E-state index in [2.05, 4.69) is 30.2 Å². The normalized spacial score (nSPS) is 11.0. The molecule has 0 aliphatic rings. The summed E-state index contributed by atoms with van der Waals surface area (Å²) in [5.41, 5.74) is -1.96. The first-order valence-electron chi connectivity index (χ1n) is 13.1. The van der Waals surface area contributed by atoms with Gasteiger partial charge in [-0.2, -0.15) is 23.7 Å². The molecule has 0 fully saturated rings. The minimum Gasteiger partial charge on any atom is -0.479 e. The zero-order valence-electron chi connectivity index (χ0n) is 24.1. The van der Waals surface area contributed by atoms with E-state index in [1.165, 1.54) is 31.4 Å². The molecular weight excluding hydrogens is 700 g/mol. The minimum absolute atomic E-state index is 0.211. The third-order valence-corrected chi connectivity index (χ3v) is 6.26. The maximum absolute atomic E-state index is 14.2. The van der Waals surface area contributed by atoms with Crippen molar-refractivity contribution in [2.45, 2.75) is 12.9 Å². The van der Waals surface area contributed by atoms with Crippen LogP contribution in [0.25, 0.3) is 22.6 Å². The summed E-state index contributed by atoms with van der Waals surface area (Å²) in [6.45, 7) is 0. The summed E-state index contributed by atoms with van der Waals surface area (Å²) in [4.78, 5) is 14.1. The topological polar surface area (TPSA) is 131 Å². The number of methoxy groups -OCH3 is 1. The predicted octanol–water partition coefficient (Wildman–Crippen LogP) is 8.94. The molecule has 49 heavy (non-hydrogen) atoms.